The lowest BCUT2D eigenvalue weighted by Gasteiger charge is -2.21. The minimum absolute atomic E-state index is 0.102. The average Bonchev–Trinajstić information content (AvgIpc) is 3.58. The molecule has 0 aromatic heterocycles. The molecule has 0 aliphatic heterocycles. The second kappa shape index (κ2) is 58.4. The van der Waals surface area contributed by atoms with Gasteiger partial charge in [0.1, 0.15) is 19.3 Å². The highest BCUT2D eigenvalue weighted by atomic mass is 31.2. The van der Waals surface area contributed by atoms with Crippen molar-refractivity contribution in [3.8, 4) is 0 Å². The first kappa shape index (κ1) is 83.1. The third kappa shape index (κ3) is 60.7. The number of ether oxygens (including phenoxy) is 4. The highest BCUT2D eigenvalue weighted by Gasteiger charge is 2.30. The van der Waals surface area contributed by atoms with E-state index in [2.05, 4.69) is 41.5 Å². The van der Waals surface area contributed by atoms with Gasteiger partial charge in [0, 0.05) is 25.7 Å². The summed E-state index contributed by atoms with van der Waals surface area (Å²) in [5.74, 6) is -0.757. The fraction of sp³-hybridized carbons (Fsp3) is 0.939. The maximum Gasteiger partial charge on any atom is 0.472 e. The third-order valence-corrected chi connectivity index (χ3v) is 17.1. The summed E-state index contributed by atoms with van der Waals surface area (Å²) in [5.41, 5.74) is 0. The van der Waals surface area contributed by atoms with Crippen molar-refractivity contribution >= 4 is 39.5 Å². The number of carbonyl (C=O) groups excluding carboxylic acids is 4. The Morgan fingerprint density at radius 1 is 0.318 bits per heavy atom. The van der Waals surface area contributed by atoms with E-state index in [1.54, 1.807) is 0 Å². The van der Waals surface area contributed by atoms with Crippen LogP contribution in [0.15, 0.2) is 0 Å². The van der Waals surface area contributed by atoms with Crippen LogP contribution in [0.25, 0.3) is 0 Å². The van der Waals surface area contributed by atoms with Gasteiger partial charge in [-0.25, -0.2) is 9.13 Å². The number of carbonyl (C=O) groups is 4. The zero-order valence-corrected chi connectivity index (χ0v) is 56.7. The summed E-state index contributed by atoms with van der Waals surface area (Å²) in [6.45, 7) is 9.37. The predicted molar refractivity (Wildman–Crippen MR) is 340 cm³/mol. The number of unbranched alkanes of at least 4 members (excludes halogenated alkanes) is 35. The molecule has 19 heteroatoms. The van der Waals surface area contributed by atoms with E-state index in [0.29, 0.717) is 37.5 Å². The first-order valence-corrected chi connectivity index (χ1v) is 37.5. The number of aliphatic hydroxyl groups is 1. The van der Waals surface area contributed by atoms with Crippen molar-refractivity contribution in [1.29, 1.82) is 0 Å². The number of hydrogen-bond donors (Lipinski definition) is 3. The van der Waals surface area contributed by atoms with Crippen LogP contribution in [0.5, 0.6) is 0 Å². The molecule has 3 N–H and O–H groups in total. The van der Waals surface area contributed by atoms with Gasteiger partial charge in [-0.3, -0.25) is 37.3 Å². The van der Waals surface area contributed by atoms with Crippen LogP contribution in [0.1, 0.15) is 330 Å². The molecule has 0 bridgehead atoms. The van der Waals surface area contributed by atoms with E-state index >= 15 is 0 Å². The van der Waals surface area contributed by atoms with Crippen molar-refractivity contribution in [3.05, 3.63) is 0 Å². The number of esters is 4. The van der Waals surface area contributed by atoms with Gasteiger partial charge in [0.25, 0.3) is 0 Å². The van der Waals surface area contributed by atoms with Crippen molar-refractivity contribution in [2.75, 3.05) is 39.6 Å². The largest absolute Gasteiger partial charge is 0.472 e. The number of hydrogen-bond acceptors (Lipinski definition) is 15. The maximum absolute atomic E-state index is 13.0. The maximum atomic E-state index is 13.0. The molecule has 0 rings (SSSR count). The van der Waals surface area contributed by atoms with Gasteiger partial charge in [-0.1, -0.05) is 279 Å². The zero-order valence-electron chi connectivity index (χ0n) is 54.9. The summed E-state index contributed by atoms with van der Waals surface area (Å²) in [5, 5.41) is 10.5. The van der Waals surface area contributed by atoms with Gasteiger partial charge in [-0.05, 0) is 37.5 Å². The Morgan fingerprint density at radius 3 is 0.800 bits per heavy atom. The van der Waals surface area contributed by atoms with Gasteiger partial charge < -0.3 is 33.8 Å². The molecule has 0 heterocycles. The Hall–Kier alpha value is -1.94. The number of aliphatic hydroxyl groups excluding tert-OH is 1. The van der Waals surface area contributed by atoms with Crippen molar-refractivity contribution in [2.24, 2.45) is 11.8 Å². The Bertz CT molecular complexity index is 1670. The summed E-state index contributed by atoms with van der Waals surface area (Å²) in [6.07, 6.45) is 41.8. The van der Waals surface area contributed by atoms with Crippen molar-refractivity contribution in [1.82, 2.24) is 0 Å². The molecule has 0 aliphatic carbocycles. The van der Waals surface area contributed by atoms with Crippen LogP contribution in [0.2, 0.25) is 0 Å². The molecule has 0 aromatic carbocycles. The van der Waals surface area contributed by atoms with Crippen molar-refractivity contribution < 1.29 is 80.2 Å². The first-order chi connectivity index (χ1) is 40.9. The molecule has 0 aromatic rings. The smallest absolute Gasteiger partial charge is 0.462 e. The van der Waals surface area contributed by atoms with Crippen molar-refractivity contribution in [2.45, 2.75) is 349 Å². The van der Waals surface area contributed by atoms with E-state index in [0.717, 1.165) is 96.3 Å². The molecule has 504 valence electrons. The molecule has 0 aliphatic rings. The van der Waals surface area contributed by atoms with E-state index < -0.39 is 97.5 Å². The van der Waals surface area contributed by atoms with Crippen LogP contribution in [0.4, 0.5) is 0 Å². The Labute approximate surface area is 517 Å². The summed E-state index contributed by atoms with van der Waals surface area (Å²) < 4.78 is 68.1. The number of phosphoric acid groups is 2. The molecular formula is C66H128O17P2. The van der Waals surface area contributed by atoms with Crippen LogP contribution in [-0.2, 0) is 65.4 Å². The molecule has 0 fully saturated rings. The zero-order chi connectivity index (χ0) is 62.9. The highest BCUT2D eigenvalue weighted by molar-refractivity contribution is 7.47. The Balaban J connectivity index is 5.24. The van der Waals surface area contributed by atoms with Crippen LogP contribution in [0, 0.1) is 11.8 Å². The van der Waals surface area contributed by atoms with Gasteiger partial charge in [0.15, 0.2) is 12.2 Å². The van der Waals surface area contributed by atoms with E-state index in [-0.39, 0.29) is 25.7 Å². The second-order valence-electron chi connectivity index (χ2n) is 24.8. The van der Waals surface area contributed by atoms with Gasteiger partial charge in [-0.15, -0.1) is 0 Å². The van der Waals surface area contributed by atoms with Crippen LogP contribution < -0.4 is 0 Å². The predicted octanol–water partition coefficient (Wildman–Crippen LogP) is 18.4. The van der Waals surface area contributed by atoms with Crippen LogP contribution >= 0.6 is 15.6 Å². The van der Waals surface area contributed by atoms with E-state index in [4.69, 9.17) is 37.0 Å². The summed E-state index contributed by atoms with van der Waals surface area (Å²) >= 11 is 0. The van der Waals surface area contributed by atoms with Crippen LogP contribution in [-0.4, -0.2) is 96.7 Å². The molecule has 0 spiro atoms. The number of rotatable bonds is 65. The van der Waals surface area contributed by atoms with Gasteiger partial charge in [-0.2, -0.15) is 0 Å². The fourth-order valence-corrected chi connectivity index (χ4v) is 11.5. The molecule has 0 saturated carbocycles. The van der Waals surface area contributed by atoms with E-state index in [1.165, 1.54) is 141 Å². The minimum Gasteiger partial charge on any atom is -0.462 e. The fourth-order valence-electron chi connectivity index (χ4n) is 9.88. The molecule has 0 saturated heterocycles. The Morgan fingerprint density at radius 2 is 0.541 bits per heavy atom. The molecule has 85 heavy (non-hydrogen) atoms. The molecule has 17 nitrogen and oxygen atoms in total. The summed E-state index contributed by atoms with van der Waals surface area (Å²) in [7, 11) is -9.89. The highest BCUT2D eigenvalue weighted by Crippen LogP contribution is 2.45. The molecule has 0 radical (unpaired) electrons. The first-order valence-electron chi connectivity index (χ1n) is 34.5. The SMILES string of the molecule is CCCCCCCCCCCCCCCCC(=O)O[C@H](COC(=O)CCCCCCCCCCCCCC)COP(=O)(O)OC[C@@H](O)COP(=O)(O)OC[C@@H](COC(=O)CCCCCCCCC(C)C)OC(=O)CCCCCCCCCC(C)C. The van der Waals surface area contributed by atoms with Gasteiger partial charge >= 0.3 is 39.5 Å². The molecule has 2 unspecified atom stereocenters. The van der Waals surface area contributed by atoms with Crippen LogP contribution in [0.3, 0.4) is 0 Å². The summed E-state index contributed by atoms with van der Waals surface area (Å²) in [4.78, 5) is 72.3. The lowest BCUT2D eigenvalue weighted by Crippen LogP contribution is -2.30. The quantitative estimate of drug-likeness (QED) is 0.0222. The summed E-state index contributed by atoms with van der Waals surface area (Å²) in [6, 6.07) is 0. The normalized spacial score (nSPS) is 14.2. The molecule has 0 amide bonds. The third-order valence-electron chi connectivity index (χ3n) is 15.2. The average molecular weight is 1260 g/mol. The Kier molecular flexibility index (Phi) is 57.1. The van der Waals surface area contributed by atoms with Crippen molar-refractivity contribution in [3.63, 3.8) is 0 Å². The standard InChI is InChI=1S/C66H128O17P2/c1-7-9-11-13-15-17-19-21-22-24-26-30-38-44-50-65(70)82-61(54-76-63(68)48-42-36-29-25-23-20-18-16-14-12-10-8-2)56-80-84(72,73)78-52-60(67)53-79-85(74,75)81-57-62(55-77-64(69)49-43-37-33-32-35-41-47-59(5)6)83-66(71)51-45-39-31-27-28-34-40-46-58(3)4/h58-62,67H,7-57H2,1-6H3,(H,72,73)(H,74,75)/t60-,61-,62-/m1/s1. The lowest BCUT2D eigenvalue weighted by atomic mass is 10.0. The van der Waals surface area contributed by atoms with E-state index in [1.807, 2.05) is 0 Å². The van der Waals surface area contributed by atoms with Gasteiger partial charge in [0.2, 0.25) is 0 Å². The second-order valence-corrected chi connectivity index (χ2v) is 27.7. The number of phosphoric ester groups is 2. The van der Waals surface area contributed by atoms with E-state index in [9.17, 15) is 43.2 Å². The van der Waals surface area contributed by atoms with Gasteiger partial charge in [0.05, 0.1) is 26.4 Å². The monoisotopic (exact) mass is 1250 g/mol. The minimum atomic E-state index is -4.95. The lowest BCUT2D eigenvalue weighted by molar-refractivity contribution is -0.161. The topological polar surface area (TPSA) is 237 Å². The molecule has 5 atom stereocenters. The molecular weight excluding hydrogens is 1130 g/mol.